The number of fused-ring (bicyclic) bond motifs is 1. The van der Waals surface area contributed by atoms with Gasteiger partial charge < -0.3 is 9.88 Å². The zero-order valence-corrected chi connectivity index (χ0v) is 16.4. The molecule has 0 radical (unpaired) electrons. The molecule has 2 heterocycles. The summed E-state index contributed by atoms with van der Waals surface area (Å²) in [4.78, 5) is 17.4. The molecule has 4 aromatic rings. The Morgan fingerprint density at radius 3 is 2.75 bits per heavy atom. The van der Waals surface area contributed by atoms with Crippen molar-refractivity contribution in [3.8, 4) is 5.69 Å². The summed E-state index contributed by atoms with van der Waals surface area (Å²) in [7, 11) is 1.95. The molecule has 4 rings (SSSR count). The van der Waals surface area contributed by atoms with Crippen LogP contribution in [0, 0.1) is 0 Å². The SMILES string of the molecule is CCc1c(C(=O)NCc2nc3ccccc3n2C)cnn1-c1cccc(Cl)c1. The molecule has 6 nitrogen and oxygen atoms in total. The molecule has 7 heteroatoms. The first-order valence-electron chi connectivity index (χ1n) is 9.10. The molecule has 0 aliphatic heterocycles. The number of para-hydroxylation sites is 2. The maximum absolute atomic E-state index is 12.8. The molecular weight excluding hydrogens is 374 g/mol. The Bertz CT molecular complexity index is 1160. The molecule has 142 valence electrons. The Morgan fingerprint density at radius 1 is 1.18 bits per heavy atom. The van der Waals surface area contributed by atoms with Crippen molar-refractivity contribution in [2.75, 3.05) is 0 Å². The molecule has 0 saturated carbocycles. The summed E-state index contributed by atoms with van der Waals surface area (Å²) in [5, 5.41) is 8.00. The number of carbonyl (C=O) groups is 1. The Morgan fingerprint density at radius 2 is 2.00 bits per heavy atom. The number of nitrogens with one attached hydrogen (secondary N) is 1. The van der Waals surface area contributed by atoms with E-state index in [0.29, 0.717) is 23.6 Å². The van der Waals surface area contributed by atoms with E-state index in [1.807, 2.05) is 67.1 Å². The zero-order valence-electron chi connectivity index (χ0n) is 15.7. The molecule has 0 atom stereocenters. The standard InChI is InChI=1S/C21H20ClN5O/c1-3-18-16(12-24-27(18)15-8-6-7-14(22)11-15)21(28)23-13-20-25-17-9-4-5-10-19(17)26(20)2/h4-12H,3,13H2,1-2H3,(H,23,28). The van der Waals surface area contributed by atoms with Gasteiger partial charge in [0.05, 0.1) is 40.7 Å². The van der Waals surface area contributed by atoms with E-state index in [9.17, 15) is 4.79 Å². The van der Waals surface area contributed by atoms with Crippen molar-refractivity contribution in [3.63, 3.8) is 0 Å². The van der Waals surface area contributed by atoms with E-state index in [1.54, 1.807) is 10.9 Å². The number of halogens is 1. The number of hydrogen-bond acceptors (Lipinski definition) is 3. The highest BCUT2D eigenvalue weighted by molar-refractivity contribution is 6.30. The first-order chi connectivity index (χ1) is 13.6. The Balaban J connectivity index is 1.57. The van der Waals surface area contributed by atoms with Gasteiger partial charge in [0.1, 0.15) is 5.82 Å². The summed E-state index contributed by atoms with van der Waals surface area (Å²) in [5.74, 6) is 0.631. The molecule has 28 heavy (non-hydrogen) atoms. The Hall–Kier alpha value is -3.12. The van der Waals surface area contributed by atoms with E-state index in [2.05, 4.69) is 15.4 Å². The fourth-order valence-corrected chi connectivity index (χ4v) is 3.53. The minimum Gasteiger partial charge on any atom is -0.345 e. The molecular formula is C21H20ClN5O. The van der Waals surface area contributed by atoms with Gasteiger partial charge in [-0.3, -0.25) is 4.79 Å². The van der Waals surface area contributed by atoms with Crippen LogP contribution in [0.3, 0.4) is 0 Å². The molecule has 0 fully saturated rings. The predicted octanol–water partition coefficient (Wildman–Crippen LogP) is 3.90. The van der Waals surface area contributed by atoms with Gasteiger partial charge in [-0.1, -0.05) is 36.7 Å². The maximum atomic E-state index is 12.8. The minimum atomic E-state index is -0.169. The maximum Gasteiger partial charge on any atom is 0.255 e. The second kappa shape index (κ2) is 7.48. The Labute approximate surface area is 167 Å². The van der Waals surface area contributed by atoms with E-state index in [4.69, 9.17) is 11.6 Å². The van der Waals surface area contributed by atoms with E-state index in [1.165, 1.54) is 0 Å². The monoisotopic (exact) mass is 393 g/mol. The van der Waals surface area contributed by atoms with Crippen molar-refractivity contribution in [2.24, 2.45) is 7.05 Å². The summed E-state index contributed by atoms with van der Waals surface area (Å²) in [5.41, 5.74) is 4.18. The molecule has 0 spiro atoms. The van der Waals surface area contributed by atoms with Crippen molar-refractivity contribution < 1.29 is 4.79 Å². The van der Waals surface area contributed by atoms with Gasteiger partial charge in [0.2, 0.25) is 0 Å². The molecule has 1 amide bonds. The van der Waals surface area contributed by atoms with Crippen molar-refractivity contribution >= 4 is 28.5 Å². The van der Waals surface area contributed by atoms with Gasteiger partial charge in [-0.15, -0.1) is 0 Å². The van der Waals surface area contributed by atoms with Crippen LogP contribution in [0.25, 0.3) is 16.7 Å². The molecule has 1 N–H and O–H groups in total. The summed E-state index contributed by atoms with van der Waals surface area (Å²) in [6.07, 6.45) is 2.27. The molecule has 0 aliphatic carbocycles. The van der Waals surface area contributed by atoms with Crippen molar-refractivity contribution in [1.82, 2.24) is 24.6 Å². The summed E-state index contributed by atoms with van der Waals surface area (Å²) in [6, 6.07) is 15.3. The van der Waals surface area contributed by atoms with Crippen molar-refractivity contribution in [2.45, 2.75) is 19.9 Å². The summed E-state index contributed by atoms with van der Waals surface area (Å²) < 4.78 is 3.75. The fourth-order valence-electron chi connectivity index (χ4n) is 3.34. The lowest BCUT2D eigenvalue weighted by molar-refractivity contribution is 0.0948. The average molecular weight is 394 g/mol. The fraction of sp³-hybridized carbons (Fsp3) is 0.190. The average Bonchev–Trinajstić information content (AvgIpc) is 3.28. The quantitative estimate of drug-likeness (QED) is 0.559. The zero-order chi connectivity index (χ0) is 19.7. The van der Waals surface area contributed by atoms with Crippen LogP contribution in [0.2, 0.25) is 5.02 Å². The number of amides is 1. The third-order valence-corrected chi connectivity index (χ3v) is 5.02. The molecule has 0 aliphatic rings. The van der Waals surface area contributed by atoms with Crippen LogP contribution in [0.1, 0.15) is 28.8 Å². The van der Waals surface area contributed by atoms with Crippen molar-refractivity contribution in [1.29, 1.82) is 0 Å². The van der Waals surface area contributed by atoms with Gasteiger partial charge >= 0.3 is 0 Å². The van der Waals surface area contributed by atoms with Gasteiger partial charge in [-0.25, -0.2) is 9.67 Å². The topological polar surface area (TPSA) is 64.7 Å². The number of hydrogen-bond donors (Lipinski definition) is 1. The van der Waals surface area contributed by atoms with Crippen LogP contribution >= 0.6 is 11.6 Å². The van der Waals surface area contributed by atoms with Gasteiger partial charge in [0, 0.05) is 12.1 Å². The highest BCUT2D eigenvalue weighted by atomic mass is 35.5. The second-order valence-corrected chi connectivity index (χ2v) is 6.95. The smallest absolute Gasteiger partial charge is 0.255 e. The number of rotatable bonds is 5. The van der Waals surface area contributed by atoms with Crippen LogP contribution in [0.4, 0.5) is 0 Å². The van der Waals surface area contributed by atoms with Gasteiger partial charge in [0.25, 0.3) is 5.91 Å². The van der Waals surface area contributed by atoms with Gasteiger partial charge in [0.15, 0.2) is 0 Å². The second-order valence-electron chi connectivity index (χ2n) is 6.51. The number of imidazole rings is 1. The van der Waals surface area contributed by atoms with E-state index < -0.39 is 0 Å². The summed E-state index contributed by atoms with van der Waals surface area (Å²) >= 11 is 6.10. The third-order valence-electron chi connectivity index (χ3n) is 4.79. The molecule has 0 bridgehead atoms. The predicted molar refractivity (Wildman–Crippen MR) is 110 cm³/mol. The lowest BCUT2D eigenvalue weighted by Crippen LogP contribution is -2.25. The number of aryl methyl sites for hydroxylation is 1. The lowest BCUT2D eigenvalue weighted by Gasteiger charge is -2.09. The molecule has 2 aromatic heterocycles. The lowest BCUT2D eigenvalue weighted by atomic mass is 10.2. The van der Waals surface area contributed by atoms with E-state index in [-0.39, 0.29) is 5.91 Å². The van der Waals surface area contributed by atoms with Gasteiger partial charge in [-0.05, 0) is 36.8 Å². The highest BCUT2D eigenvalue weighted by Gasteiger charge is 2.18. The number of carbonyl (C=O) groups excluding carboxylic acids is 1. The minimum absolute atomic E-state index is 0.169. The van der Waals surface area contributed by atoms with Crippen LogP contribution in [-0.2, 0) is 20.0 Å². The highest BCUT2D eigenvalue weighted by Crippen LogP contribution is 2.19. The van der Waals surface area contributed by atoms with Gasteiger partial charge in [-0.2, -0.15) is 5.10 Å². The number of nitrogens with zero attached hydrogens (tertiary/aromatic N) is 4. The third kappa shape index (κ3) is 3.27. The number of aromatic nitrogens is 4. The van der Waals surface area contributed by atoms with E-state index in [0.717, 1.165) is 28.2 Å². The molecule has 0 unspecified atom stereocenters. The Kier molecular flexibility index (Phi) is 4.88. The number of benzene rings is 2. The summed E-state index contributed by atoms with van der Waals surface area (Å²) in [6.45, 7) is 2.34. The largest absolute Gasteiger partial charge is 0.345 e. The van der Waals surface area contributed by atoms with Crippen LogP contribution < -0.4 is 5.32 Å². The van der Waals surface area contributed by atoms with Crippen LogP contribution in [0.5, 0.6) is 0 Å². The van der Waals surface area contributed by atoms with Crippen LogP contribution in [0.15, 0.2) is 54.7 Å². The van der Waals surface area contributed by atoms with E-state index >= 15 is 0 Å². The van der Waals surface area contributed by atoms with Crippen molar-refractivity contribution in [3.05, 3.63) is 76.8 Å². The molecule has 0 saturated heterocycles. The molecule has 2 aromatic carbocycles. The normalized spacial score (nSPS) is 11.1. The first kappa shape index (κ1) is 18.3. The van der Waals surface area contributed by atoms with Crippen LogP contribution in [-0.4, -0.2) is 25.2 Å². The first-order valence-corrected chi connectivity index (χ1v) is 9.47.